The standard InChI is InChI=1S/C27H27N3O4S/c31-26(19-6-2-1-3-7-19)18-28-17-23-11-10-21-15-24(12-13-27(21)34-23)35(32,33)30-22-14-20-8-4-5-9-25(20)29-16-22/h1-9,12-16,23,26,28,30-31H,10-11,17-18H2. The molecule has 1 aliphatic rings. The van der Waals surface area contributed by atoms with Gasteiger partial charge in [-0.3, -0.25) is 9.71 Å². The average molecular weight is 490 g/mol. The number of aliphatic hydroxyl groups is 1. The predicted octanol–water partition coefficient (Wildman–Crippen LogP) is 4.05. The second kappa shape index (κ2) is 10.0. The molecule has 4 aromatic rings. The summed E-state index contributed by atoms with van der Waals surface area (Å²) in [7, 11) is -3.76. The van der Waals surface area contributed by atoms with Crippen molar-refractivity contribution in [1.82, 2.24) is 10.3 Å². The molecule has 180 valence electrons. The fraction of sp³-hybridized carbons (Fsp3) is 0.222. The van der Waals surface area contributed by atoms with E-state index in [0.29, 0.717) is 30.9 Å². The lowest BCUT2D eigenvalue weighted by molar-refractivity contribution is 0.146. The molecular formula is C27H27N3O4S. The first-order valence-corrected chi connectivity index (χ1v) is 13.1. The summed E-state index contributed by atoms with van der Waals surface area (Å²) in [5.41, 5.74) is 2.96. The van der Waals surface area contributed by atoms with Gasteiger partial charge in [-0.15, -0.1) is 0 Å². The molecule has 3 aromatic carbocycles. The van der Waals surface area contributed by atoms with E-state index < -0.39 is 16.1 Å². The van der Waals surface area contributed by atoms with Crippen molar-refractivity contribution in [3.8, 4) is 5.75 Å². The Morgan fingerprint density at radius 2 is 1.83 bits per heavy atom. The Bertz CT molecular complexity index is 1430. The number of rotatable bonds is 8. The highest BCUT2D eigenvalue weighted by atomic mass is 32.2. The molecule has 1 aromatic heterocycles. The molecule has 2 atom stereocenters. The van der Waals surface area contributed by atoms with Gasteiger partial charge in [-0.1, -0.05) is 48.5 Å². The van der Waals surface area contributed by atoms with Gasteiger partial charge in [0.2, 0.25) is 0 Å². The number of anilines is 1. The number of fused-ring (bicyclic) bond motifs is 2. The molecule has 8 heteroatoms. The lowest BCUT2D eigenvalue weighted by Crippen LogP contribution is -2.36. The first kappa shape index (κ1) is 23.3. The Labute approximate surface area is 204 Å². The molecule has 5 rings (SSSR count). The third-order valence-corrected chi connectivity index (χ3v) is 7.49. The molecule has 2 heterocycles. The molecule has 0 amide bonds. The van der Waals surface area contributed by atoms with Crippen LogP contribution in [-0.4, -0.2) is 37.7 Å². The van der Waals surface area contributed by atoms with Gasteiger partial charge in [0.1, 0.15) is 11.9 Å². The van der Waals surface area contributed by atoms with Gasteiger partial charge in [0.15, 0.2) is 0 Å². The van der Waals surface area contributed by atoms with Crippen molar-refractivity contribution in [2.24, 2.45) is 0 Å². The third kappa shape index (κ3) is 5.45. The SMILES string of the molecule is O=S(=O)(Nc1cnc2ccccc2c1)c1ccc2c(c1)CCC(CNCC(O)c1ccccc1)O2. The molecule has 0 saturated heterocycles. The Balaban J connectivity index is 1.20. The van der Waals surface area contributed by atoms with E-state index in [1.807, 2.05) is 54.6 Å². The van der Waals surface area contributed by atoms with Gasteiger partial charge >= 0.3 is 0 Å². The summed E-state index contributed by atoms with van der Waals surface area (Å²) in [6, 6.07) is 23.8. The van der Waals surface area contributed by atoms with Crippen LogP contribution in [0.3, 0.4) is 0 Å². The minimum absolute atomic E-state index is 0.0465. The zero-order valence-corrected chi connectivity index (χ0v) is 19.9. The van der Waals surface area contributed by atoms with Gasteiger partial charge in [0, 0.05) is 18.5 Å². The highest BCUT2D eigenvalue weighted by Crippen LogP contribution is 2.30. The van der Waals surface area contributed by atoms with E-state index >= 15 is 0 Å². The largest absolute Gasteiger partial charge is 0.489 e. The molecule has 3 N–H and O–H groups in total. The molecular weight excluding hydrogens is 462 g/mol. The lowest BCUT2D eigenvalue weighted by atomic mass is 10.0. The summed E-state index contributed by atoms with van der Waals surface area (Å²) in [6.07, 6.45) is 2.37. The molecule has 0 saturated carbocycles. The van der Waals surface area contributed by atoms with Gasteiger partial charge in [-0.2, -0.15) is 0 Å². The molecule has 0 radical (unpaired) electrons. The monoisotopic (exact) mass is 489 g/mol. The normalized spacial score (nSPS) is 16.3. The zero-order chi connectivity index (χ0) is 24.3. The van der Waals surface area contributed by atoms with Crippen molar-refractivity contribution < 1.29 is 18.3 Å². The van der Waals surface area contributed by atoms with E-state index in [1.54, 1.807) is 24.3 Å². The quantitative estimate of drug-likeness (QED) is 0.345. The number of para-hydroxylation sites is 1. The van der Waals surface area contributed by atoms with Crippen molar-refractivity contribution >= 4 is 26.6 Å². The summed E-state index contributed by atoms with van der Waals surface area (Å²) >= 11 is 0. The summed E-state index contributed by atoms with van der Waals surface area (Å²) < 4.78 is 34.7. The van der Waals surface area contributed by atoms with Crippen LogP contribution in [0.25, 0.3) is 10.9 Å². The van der Waals surface area contributed by atoms with Crippen LogP contribution in [0.1, 0.15) is 23.7 Å². The minimum atomic E-state index is -3.76. The molecule has 7 nitrogen and oxygen atoms in total. The number of aromatic nitrogens is 1. The number of nitrogens with one attached hydrogen (secondary N) is 2. The summed E-state index contributed by atoms with van der Waals surface area (Å²) in [5, 5.41) is 14.4. The summed E-state index contributed by atoms with van der Waals surface area (Å²) in [5.74, 6) is 0.693. The van der Waals surface area contributed by atoms with E-state index in [2.05, 4.69) is 15.0 Å². The molecule has 0 spiro atoms. The Morgan fingerprint density at radius 1 is 1.03 bits per heavy atom. The Kier molecular flexibility index (Phi) is 6.68. The van der Waals surface area contributed by atoms with Crippen molar-refractivity contribution in [3.63, 3.8) is 0 Å². The van der Waals surface area contributed by atoms with E-state index in [9.17, 15) is 13.5 Å². The number of aliphatic hydroxyl groups excluding tert-OH is 1. The van der Waals surface area contributed by atoms with Gasteiger partial charge < -0.3 is 15.2 Å². The van der Waals surface area contributed by atoms with Crippen molar-refractivity contribution in [3.05, 3.63) is 96.2 Å². The zero-order valence-electron chi connectivity index (χ0n) is 19.1. The number of nitrogens with zero attached hydrogens (tertiary/aromatic N) is 1. The number of pyridine rings is 1. The summed E-state index contributed by atoms with van der Waals surface area (Å²) in [6.45, 7) is 1.03. The number of hydrogen-bond acceptors (Lipinski definition) is 6. The lowest BCUT2D eigenvalue weighted by Gasteiger charge is -2.27. The fourth-order valence-corrected chi connectivity index (χ4v) is 5.33. The van der Waals surface area contributed by atoms with Crippen molar-refractivity contribution in [2.75, 3.05) is 17.8 Å². The van der Waals surface area contributed by atoms with Gasteiger partial charge in [0.05, 0.1) is 28.4 Å². The maximum Gasteiger partial charge on any atom is 0.261 e. The number of ether oxygens (including phenoxy) is 1. The van der Waals surface area contributed by atoms with E-state index in [-0.39, 0.29) is 11.0 Å². The van der Waals surface area contributed by atoms with Gasteiger partial charge in [-0.05, 0) is 54.3 Å². The smallest absolute Gasteiger partial charge is 0.261 e. The van der Waals surface area contributed by atoms with Crippen molar-refractivity contribution in [2.45, 2.75) is 29.9 Å². The van der Waals surface area contributed by atoms with Crippen LogP contribution in [0.5, 0.6) is 5.75 Å². The topological polar surface area (TPSA) is 101 Å². The number of hydrogen-bond donors (Lipinski definition) is 3. The van der Waals surface area contributed by atoms with E-state index in [4.69, 9.17) is 4.74 Å². The van der Waals surface area contributed by atoms with Crippen LogP contribution in [0, 0.1) is 0 Å². The maximum absolute atomic E-state index is 13.0. The molecule has 0 aliphatic carbocycles. The highest BCUT2D eigenvalue weighted by molar-refractivity contribution is 7.92. The number of sulfonamides is 1. The highest BCUT2D eigenvalue weighted by Gasteiger charge is 2.23. The van der Waals surface area contributed by atoms with Crippen LogP contribution in [-0.2, 0) is 16.4 Å². The number of aryl methyl sites for hydroxylation is 1. The van der Waals surface area contributed by atoms with E-state index in [0.717, 1.165) is 28.5 Å². The molecule has 0 fully saturated rings. The minimum Gasteiger partial charge on any atom is -0.489 e. The molecule has 1 aliphatic heterocycles. The molecule has 35 heavy (non-hydrogen) atoms. The maximum atomic E-state index is 13.0. The van der Waals surface area contributed by atoms with Crippen LogP contribution >= 0.6 is 0 Å². The van der Waals surface area contributed by atoms with Crippen molar-refractivity contribution in [1.29, 1.82) is 0 Å². The average Bonchev–Trinajstić information content (AvgIpc) is 2.88. The van der Waals surface area contributed by atoms with Gasteiger partial charge in [-0.25, -0.2) is 8.42 Å². The molecule has 2 unspecified atom stereocenters. The van der Waals surface area contributed by atoms with E-state index in [1.165, 1.54) is 6.20 Å². The fourth-order valence-electron chi connectivity index (χ4n) is 4.25. The second-order valence-corrected chi connectivity index (χ2v) is 10.3. The number of benzene rings is 3. The predicted molar refractivity (Wildman–Crippen MR) is 136 cm³/mol. The van der Waals surface area contributed by atoms with Crippen LogP contribution < -0.4 is 14.8 Å². The van der Waals surface area contributed by atoms with Crippen LogP contribution in [0.4, 0.5) is 5.69 Å². The summed E-state index contributed by atoms with van der Waals surface area (Å²) in [4.78, 5) is 4.51. The molecule has 0 bridgehead atoms. The Hall–Kier alpha value is -3.46. The van der Waals surface area contributed by atoms with Crippen LogP contribution in [0.15, 0.2) is 90.0 Å². The van der Waals surface area contributed by atoms with Crippen LogP contribution in [0.2, 0.25) is 0 Å². The first-order valence-electron chi connectivity index (χ1n) is 11.6. The Morgan fingerprint density at radius 3 is 2.69 bits per heavy atom. The first-order chi connectivity index (χ1) is 17.0. The third-order valence-electron chi connectivity index (χ3n) is 6.11. The van der Waals surface area contributed by atoms with Gasteiger partial charge in [0.25, 0.3) is 10.0 Å². The second-order valence-electron chi connectivity index (χ2n) is 8.65.